The Hall–Kier alpha value is -2.53. The molecule has 6 heteroatoms. The normalized spacial score (nSPS) is 19.2. The molecule has 4 rings (SSSR count). The van der Waals surface area contributed by atoms with E-state index in [2.05, 4.69) is 20.8 Å². The molecule has 2 amide bonds. The summed E-state index contributed by atoms with van der Waals surface area (Å²) in [4.78, 5) is 16.6. The van der Waals surface area contributed by atoms with Crippen LogP contribution >= 0.6 is 23.2 Å². The molecule has 0 aliphatic carbocycles. The number of nitrogens with zero attached hydrogens (tertiary/aromatic N) is 2. The molecule has 1 saturated heterocycles. The highest BCUT2D eigenvalue weighted by molar-refractivity contribution is 6.31. The quantitative estimate of drug-likeness (QED) is 0.485. The lowest BCUT2D eigenvalue weighted by Gasteiger charge is -2.33. The highest BCUT2D eigenvalue weighted by Gasteiger charge is 2.51. The number of β-amino-alcohol motifs (C(OH)–C–C–N with tert-alkyl or cyclic N) is 1. The van der Waals surface area contributed by atoms with E-state index in [1.165, 1.54) is 4.90 Å². The van der Waals surface area contributed by atoms with Gasteiger partial charge in [0.25, 0.3) is 0 Å². The SMILES string of the molecule is CC(C)(C)c1cccc(C2(O)CN(c3ccc(Cl)cc3)C(=O)N2c2ccc(Cl)cc2)c1. The van der Waals surface area contributed by atoms with Crippen LogP contribution in [0.5, 0.6) is 0 Å². The van der Waals surface area contributed by atoms with Crippen LogP contribution in [0.4, 0.5) is 16.2 Å². The summed E-state index contributed by atoms with van der Waals surface area (Å²) < 4.78 is 0. The first-order chi connectivity index (χ1) is 14.6. The molecule has 1 aliphatic heterocycles. The number of benzene rings is 3. The molecule has 1 aliphatic rings. The minimum absolute atomic E-state index is 0.0731. The third-order valence-corrected chi connectivity index (χ3v) is 6.09. The molecular formula is C25H24Cl2N2O2. The zero-order valence-corrected chi connectivity index (χ0v) is 19.2. The summed E-state index contributed by atoms with van der Waals surface area (Å²) in [5.74, 6) is 0. The van der Waals surface area contributed by atoms with E-state index in [9.17, 15) is 9.90 Å². The van der Waals surface area contributed by atoms with E-state index in [0.717, 1.165) is 5.56 Å². The van der Waals surface area contributed by atoms with Crippen LogP contribution in [0, 0.1) is 0 Å². The Labute approximate surface area is 192 Å². The number of anilines is 2. The van der Waals surface area contributed by atoms with Crippen LogP contribution < -0.4 is 9.80 Å². The molecule has 3 aromatic rings. The number of hydrogen-bond donors (Lipinski definition) is 1. The number of rotatable bonds is 3. The molecule has 0 radical (unpaired) electrons. The van der Waals surface area contributed by atoms with Gasteiger partial charge in [0, 0.05) is 27.0 Å². The molecule has 1 N–H and O–H groups in total. The van der Waals surface area contributed by atoms with Gasteiger partial charge in [-0.05, 0) is 59.5 Å². The Morgan fingerprint density at radius 1 is 0.871 bits per heavy atom. The Morgan fingerprint density at radius 3 is 1.97 bits per heavy atom. The van der Waals surface area contributed by atoms with E-state index < -0.39 is 5.72 Å². The average Bonchev–Trinajstić information content (AvgIpc) is 3.01. The second-order valence-electron chi connectivity index (χ2n) is 8.80. The van der Waals surface area contributed by atoms with Gasteiger partial charge in [0.05, 0.1) is 6.54 Å². The minimum Gasteiger partial charge on any atom is -0.365 e. The summed E-state index contributed by atoms with van der Waals surface area (Å²) >= 11 is 12.1. The molecular weight excluding hydrogens is 431 g/mol. The summed E-state index contributed by atoms with van der Waals surface area (Å²) in [5, 5.41) is 13.1. The van der Waals surface area contributed by atoms with Crippen LogP contribution in [-0.2, 0) is 11.1 Å². The van der Waals surface area contributed by atoms with E-state index >= 15 is 0 Å². The van der Waals surface area contributed by atoms with Crippen molar-refractivity contribution in [3.63, 3.8) is 0 Å². The fraction of sp³-hybridized carbons (Fsp3) is 0.240. The first-order valence-electron chi connectivity index (χ1n) is 10.1. The van der Waals surface area contributed by atoms with Crippen molar-refractivity contribution in [2.45, 2.75) is 31.9 Å². The smallest absolute Gasteiger partial charge is 0.331 e. The Morgan fingerprint density at radius 2 is 1.42 bits per heavy atom. The third-order valence-electron chi connectivity index (χ3n) is 5.58. The van der Waals surface area contributed by atoms with Crippen molar-refractivity contribution in [2.75, 3.05) is 16.3 Å². The van der Waals surface area contributed by atoms with Gasteiger partial charge in [0.1, 0.15) is 0 Å². The average molecular weight is 455 g/mol. The molecule has 1 heterocycles. The molecule has 0 spiro atoms. The van der Waals surface area contributed by atoms with Crippen molar-refractivity contribution < 1.29 is 9.90 Å². The van der Waals surface area contributed by atoms with Crippen LogP contribution in [0.2, 0.25) is 10.0 Å². The van der Waals surface area contributed by atoms with Gasteiger partial charge in [0.15, 0.2) is 5.72 Å². The van der Waals surface area contributed by atoms with Gasteiger partial charge in [-0.25, -0.2) is 4.79 Å². The maximum absolute atomic E-state index is 13.6. The number of hydrogen-bond acceptors (Lipinski definition) is 2. The Balaban J connectivity index is 1.85. The molecule has 0 aromatic heterocycles. The van der Waals surface area contributed by atoms with Crippen molar-refractivity contribution >= 4 is 40.6 Å². The van der Waals surface area contributed by atoms with E-state index in [1.54, 1.807) is 53.4 Å². The van der Waals surface area contributed by atoms with Crippen molar-refractivity contribution in [1.29, 1.82) is 0 Å². The van der Waals surface area contributed by atoms with Gasteiger partial charge < -0.3 is 5.11 Å². The summed E-state index contributed by atoms with van der Waals surface area (Å²) in [5.41, 5.74) is 1.29. The zero-order valence-electron chi connectivity index (χ0n) is 17.6. The van der Waals surface area contributed by atoms with Crippen molar-refractivity contribution in [2.24, 2.45) is 0 Å². The van der Waals surface area contributed by atoms with Gasteiger partial charge in [0.2, 0.25) is 0 Å². The van der Waals surface area contributed by atoms with Gasteiger partial charge in [-0.2, -0.15) is 0 Å². The topological polar surface area (TPSA) is 43.8 Å². The van der Waals surface area contributed by atoms with Gasteiger partial charge in [-0.15, -0.1) is 0 Å². The van der Waals surface area contributed by atoms with E-state index in [4.69, 9.17) is 23.2 Å². The number of carbonyl (C=O) groups is 1. The van der Waals surface area contributed by atoms with Gasteiger partial charge in [-0.3, -0.25) is 9.80 Å². The lowest BCUT2D eigenvalue weighted by molar-refractivity contribution is 0.0654. The highest BCUT2D eigenvalue weighted by Crippen LogP contribution is 2.41. The zero-order chi connectivity index (χ0) is 22.4. The fourth-order valence-electron chi connectivity index (χ4n) is 3.83. The molecule has 1 atom stereocenters. The van der Waals surface area contributed by atoms with Crippen LogP contribution in [-0.4, -0.2) is 17.7 Å². The lowest BCUT2D eigenvalue weighted by atomic mass is 9.85. The lowest BCUT2D eigenvalue weighted by Crippen LogP contribution is -2.45. The van der Waals surface area contributed by atoms with Crippen LogP contribution in [0.15, 0.2) is 72.8 Å². The number of amides is 2. The number of urea groups is 1. The largest absolute Gasteiger partial charge is 0.365 e. The maximum atomic E-state index is 13.6. The molecule has 3 aromatic carbocycles. The fourth-order valence-corrected chi connectivity index (χ4v) is 4.08. The monoisotopic (exact) mass is 454 g/mol. The summed E-state index contributed by atoms with van der Waals surface area (Å²) in [6, 6.07) is 21.4. The standard InChI is InChI=1S/C25H24Cl2N2O2/c1-24(2,3)17-5-4-6-18(15-17)25(31)16-28(21-11-7-19(26)8-12-21)23(30)29(25)22-13-9-20(27)10-14-22/h4-15,31H,16H2,1-3H3. The highest BCUT2D eigenvalue weighted by atomic mass is 35.5. The first kappa shape index (κ1) is 21.7. The summed E-state index contributed by atoms with van der Waals surface area (Å²) in [7, 11) is 0. The Kier molecular flexibility index (Phi) is 5.50. The molecule has 0 bridgehead atoms. The molecule has 4 nitrogen and oxygen atoms in total. The minimum atomic E-state index is -1.56. The second kappa shape index (κ2) is 7.86. The Bertz CT molecular complexity index is 1110. The van der Waals surface area contributed by atoms with Crippen molar-refractivity contribution in [3.8, 4) is 0 Å². The molecule has 160 valence electrons. The van der Waals surface area contributed by atoms with E-state index in [0.29, 0.717) is 27.0 Å². The predicted octanol–water partition coefficient (Wildman–Crippen LogP) is 6.58. The van der Waals surface area contributed by atoms with Gasteiger partial charge in [-0.1, -0.05) is 68.2 Å². The molecule has 31 heavy (non-hydrogen) atoms. The summed E-state index contributed by atoms with van der Waals surface area (Å²) in [6.07, 6.45) is 0. The number of aliphatic hydroxyl groups is 1. The first-order valence-corrected chi connectivity index (χ1v) is 10.8. The maximum Gasteiger partial charge on any atom is 0.331 e. The van der Waals surface area contributed by atoms with Crippen molar-refractivity contribution in [3.05, 3.63) is 94.0 Å². The van der Waals surface area contributed by atoms with Gasteiger partial charge >= 0.3 is 6.03 Å². The van der Waals surface area contributed by atoms with Crippen LogP contribution in [0.1, 0.15) is 31.9 Å². The van der Waals surface area contributed by atoms with Crippen LogP contribution in [0.25, 0.3) is 0 Å². The summed E-state index contributed by atoms with van der Waals surface area (Å²) in [6.45, 7) is 6.43. The van der Waals surface area contributed by atoms with E-state index in [1.807, 2.05) is 24.3 Å². The number of carbonyl (C=O) groups excluding carboxylic acids is 1. The van der Waals surface area contributed by atoms with Crippen molar-refractivity contribution in [1.82, 2.24) is 0 Å². The predicted molar refractivity (Wildman–Crippen MR) is 127 cm³/mol. The molecule has 1 unspecified atom stereocenters. The second-order valence-corrected chi connectivity index (χ2v) is 9.68. The molecule has 0 saturated carbocycles. The third kappa shape index (κ3) is 4.03. The van der Waals surface area contributed by atoms with E-state index in [-0.39, 0.29) is 18.0 Å². The molecule has 1 fully saturated rings. The van der Waals surface area contributed by atoms with Crippen LogP contribution in [0.3, 0.4) is 0 Å². The number of halogens is 2.